The molecule has 1 unspecified atom stereocenters. The molecule has 352 valence electrons. The van der Waals surface area contributed by atoms with Gasteiger partial charge in [-0.3, -0.25) is 14.4 Å². The molecule has 0 aliphatic carbocycles. The first-order valence-electron chi connectivity index (χ1n) is 25.2. The summed E-state index contributed by atoms with van der Waals surface area (Å²) in [4.78, 5) is 37.4. The van der Waals surface area contributed by atoms with E-state index >= 15 is 0 Å². The van der Waals surface area contributed by atoms with Gasteiger partial charge in [0.25, 0.3) is 0 Å². The molecule has 0 rings (SSSR count). The second-order valence-corrected chi connectivity index (χ2v) is 16.4. The number of hydrogen-bond acceptors (Lipinski definition) is 6. The van der Waals surface area contributed by atoms with E-state index in [2.05, 4.69) is 118 Å². The first-order chi connectivity index (χ1) is 30.5. The normalized spacial score (nSPS) is 12.9. The van der Waals surface area contributed by atoms with E-state index < -0.39 is 6.10 Å². The summed E-state index contributed by atoms with van der Waals surface area (Å²) in [6.07, 6.45) is 65.9. The van der Waals surface area contributed by atoms with E-state index in [1.165, 1.54) is 57.8 Å². The highest BCUT2D eigenvalue weighted by Gasteiger charge is 2.19. The minimum Gasteiger partial charge on any atom is -0.462 e. The van der Waals surface area contributed by atoms with Gasteiger partial charge in [0.05, 0.1) is 0 Å². The Labute approximate surface area is 381 Å². The molecule has 0 radical (unpaired) electrons. The van der Waals surface area contributed by atoms with Crippen molar-refractivity contribution in [3.05, 3.63) is 97.2 Å². The van der Waals surface area contributed by atoms with Crippen molar-refractivity contribution in [2.75, 3.05) is 13.2 Å². The van der Waals surface area contributed by atoms with Crippen molar-refractivity contribution < 1.29 is 28.6 Å². The second kappa shape index (κ2) is 50.0. The fourth-order valence-electron chi connectivity index (χ4n) is 6.57. The topological polar surface area (TPSA) is 78.9 Å². The van der Waals surface area contributed by atoms with E-state index in [0.29, 0.717) is 19.3 Å². The molecule has 0 saturated heterocycles. The van der Waals surface area contributed by atoms with Gasteiger partial charge in [-0.05, 0) is 83.5 Å². The summed E-state index contributed by atoms with van der Waals surface area (Å²) < 4.78 is 16.6. The minimum absolute atomic E-state index is 0.0817. The Bertz CT molecular complexity index is 1260. The van der Waals surface area contributed by atoms with Crippen molar-refractivity contribution >= 4 is 17.9 Å². The number of unbranched alkanes of at least 4 members (excludes halogenated alkanes) is 17. The Hall–Kier alpha value is -3.67. The van der Waals surface area contributed by atoms with Crippen molar-refractivity contribution in [3.8, 4) is 0 Å². The quantitative estimate of drug-likeness (QED) is 0.0263. The van der Waals surface area contributed by atoms with Crippen LogP contribution in [0.3, 0.4) is 0 Å². The van der Waals surface area contributed by atoms with Gasteiger partial charge in [-0.2, -0.15) is 0 Å². The number of carbonyl (C=O) groups is 3. The lowest BCUT2D eigenvalue weighted by Gasteiger charge is -2.18. The minimum atomic E-state index is -0.775. The molecular formula is C56H92O6. The van der Waals surface area contributed by atoms with Gasteiger partial charge in [-0.15, -0.1) is 0 Å². The van der Waals surface area contributed by atoms with E-state index in [9.17, 15) is 14.4 Å². The van der Waals surface area contributed by atoms with Crippen molar-refractivity contribution in [1.82, 2.24) is 0 Å². The summed E-state index contributed by atoms with van der Waals surface area (Å²) in [6.45, 7) is 6.38. The number of carbonyl (C=O) groups excluding carboxylic acids is 3. The van der Waals surface area contributed by atoms with Crippen LogP contribution in [0.1, 0.15) is 220 Å². The molecule has 0 aromatic carbocycles. The highest BCUT2D eigenvalue weighted by molar-refractivity contribution is 5.71. The SMILES string of the molecule is CC/C=C\C/C=C\C/C=C\C/C=C\C/C=C\C/C=C\C/C=C\C/C=C\CCCCCCCCC(=O)OCC(COC(=O)CCCCCCCC)OC(=O)CCCCCCCCC. The average Bonchev–Trinajstić information content (AvgIpc) is 3.27. The molecule has 0 N–H and O–H groups in total. The van der Waals surface area contributed by atoms with Crippen LogP contribution >= 0.6 is 0 Å². The Morgan fingerprint density at radius 1 is 0.339 bits per heavy atom. The largest absolute Gasteiger partial charge is 0.462 e. The molecule has 0 saturated carbocycles. The third-order valence-electron chi connectivity index (χ3n) is 10.4. The van der Waals surface area contributed by atoms with Crippen LogP contribution in [-0.4, -0.2) is 37.2 Å². The van der Waals surface area contributed by atoms with E-state index in [1.807, 2.05) is 0 Å². The van der Waals surface area contributed by atoms with Crippen LogP contribution in [0.15, 0.2) is 97.2 Å². The lowest BCUT2D eigenvalue weighted by atomic mass is 10.1. The zero-order valence-electron chi connectivity index (χ0n) is 40.1. The standard InChI is InChI=1S/C56H92O6/c1-4-7-10-13-16-17-18-19-20-21-22-23-24-25-26-27-28-29-30-31-32-33-34-35-36-37-38-39-41-43-46-49-55(58)61-52-53(51-60-54(57)48-45-42-15-12-9-6-3)62-56(59)50-47-44-40-14-11-8-5-2/h7,10,16-17,19-20,22-23,25-26,28-29,31-32,34-35,53H,4-6,8-9,11-15,18,21,24,27,30,33,36-52H2,1-3H3/b10-7-,17-16-,20-19-,23-22-,26-25-,29-28-,32-31-,35-34-. The van der Waals surface area contributed by atoms with Crippen LogP contribution in [0.4, 0.5) is 0 Å². The molecule has 0 amide bonds. The lowest BCUT2D eigenvalue weighted by Crippen LogP contribution is -2.30. The fourth-order valence-corrected chi connectivity index (χ4v) is 6.57. The van der Waals surface area contributed by atoms with Gasteiger partial charge in [0.1, 0.15) is 13.2 Å². The van der Waals surface area contributed by atoms with Gasteiger partial charge >= 0.3 is 17.9 Å². The summed E-state index contributed by atoms with van der Waals surface area (Å²) in [5.41, 5.74) is 0. The summed E-state index contributed by atoms with van der Waals surface area (Å²) >= 11 is 0. The zero-order valence-corrected chi connectivity index (χ0v) is 40.1. The average molecular weight is 861 g/mol. The number of hydrogen-bond donors (Lipinski definition) is 0. The molecule has 6 heteroatoms. The van der Waals surface area contributed by atoms with Crippen molar-refractivity contribution in [3.63, 3.8) is 0 Å². The molecule has 0 aliphatic heterocycles. The van der Waals surface area contributed by atoms with Crippen LogP contribution in [0.25, 0.3) is 0 Å². The van der Waals surface area contributed by atoms with E-state index in [4.69, 9.17) is 14.2 Å². The number of allylic oxidation sites excluding steroid dienone is 16. The summed E-state index contributed by atoms with van der Waals surface area (Å²) in [6, 6.07) is 0. The second-order valence-electron chi connectivity index (χ2n) is 16.4. The van der Waals surface area contributed by atoms with Gasteiger partial charge in [0, 0.05) is 19.3 Å². The Kier molecular flexibility index (Phi) is 47.0. The number of rotatable bonds is 44. The molecule has 0 bridgehead atoms. The number of ether oxygens (including phenoxy) is 3. The Balaban J connectivity index is 4.05. The highest BCUT2D eigenvalue weighted by atomic mass is 16.6. The molecule has 0 spiro atoms. The third-order valence-corrected chi connectivity index (χ3v) is 10.4. The summed E-state index contributed by atoms with van der Waals surface area (Å²) in [5.74, 6) is -0.920. The maximum atomic E-state index is 12.6. The van der Waals surface area contributed by atoms with Crippen LogP contribution in [-0.2, 0) is 28.6 Å². The van der Waals surface area contributed by atoms with E-state index in [1.54, 1.807) is 0 Å². The molecule has 62 heavy (non-hydrogen) atoms. The van der Waals surface area contributed by atoms with Crippen molar-refractivity contribution in [1.29, 1.82) is 0 Å². The van der Waals surface area contributed by atoms with Gasteiger partial charge in [0.15, 0.2) is 6.10 Å². The van der Waals surface area contributed by atoms with Gasteiger partial charge in [-0.25, -0.2) is 0 Å². The summed E-state index contributed by atoms with van der Waals surface area (Å²) in [5, 5.41) is 0. The van der Waals surface area contributed by atoms with Crippen LogP contribution in [0.2, 0.25) is 0 Å². The maximum absolute atomic E-state index is 12.6. The van der Waals surface area contributed by atoms with Gasteiger partial charge in [-0.1, -0.05) is 214 Å². The van der Waals surface area contributed by atoms with Crippen LogP contribution in [0.5, 0.6) is 0 Å². The Morgan fingerprint density at radius 2 is 0.629 bits per heavy atom. The molecule has 0 fully saturated rings. The number of esters is 3. The molecule has 1 atom stereocenters. The predicted octanol–water partition coefficient (Wildman–Crippen LogP) is 16.6. The molecular weight excluding hydrogens is 769 g/mol. The highest BCUT2D eigenvalue weighted by Crippen LogP contribution is 2.13. The van der Waals surface area contributed by atoms with Crippen LogP contribution in [0, 0.1) is 0 Å². The zero-order chi connectivity index (χ0) is 45.1. The first-order valence-corrected chi connectivity index (χ1v) is 25.2. The summed E-state index contributed by atoms with van der Waals surface area (Å²) in [7, 11) is 0. The molecule has 0 aliphatic rings. The molecule has 6 nitrogen and oxygen atoms in total. The maximum Gasteiger partial charge on any atom is 0.306 e. The lowest BCUT2D eigenvalue weighted by molar-refractivity contribution is -0.167. The molecule has 0 aromatic rings. The first kappa shape index (κ1) is 58.3. The third kappa shape index (κ3) is 47.4. The van der Waals surface area contributed by atoms with E-state index in [0.717, 1.165) is 122 Å². The fraction of sp³-hybridized carbons (Fsp3) is 0.661. The Morgan fingerprint density at radius 3 is 0.984 bits per heavy atom. The molecule has 0 aromatic heterocycles. The van der Waals surface area contributed by atoms with E-state index in [-0.39, 0.29) is 31.1 Å². The van der Waals surface area contributed by atoms with Gasteiger partial charge < -0.3 is 14.2 Å². The molecule has 0 heterocycles. The smallest absolute Gasteiger partial charge is 0.306 e. The van der Waals surface area contributed by atoms with Crippen LogP contribution < -0.4 is 0 Å². The van der Waals surface area contributed by atoms with Crippen molar-refractivity contribution in [2.24, 2.45) is 0 Å². The monoisotopic (exact) mass is 861 g/mol. The van der Waals surface area contributed by atoms with Crippen molar-refractivity contribution in [2.45, 2.75) is 226 Å². The predicted molar refractivity (Wildman–Crippen MR) is 265 cm³/mol. The van der Waals surface area contributed by atoms with Gasteiger partial charge in [0.2, 0.25) is 0 Å².